The van der Waals surface area contributed by atoms with Gasteiger partial charge in [-0.15, -0.1) is 24.0 Å². The minimum absolute atomic E-state index is 0. The number of ether oxygens (including phenoxy) is 1. The van der Waals surface area contributed by atoms with E-state index in [0.29, 0.717) is 18.6 Å². The summed E-state index contributed by atoms with van der Waals surface area (Å²) in [6, 6.07) is 0. The number of sulfone groups is 1. The van der Waals surface area contributed by atoms with Crippen LogP contribution in [0.1, 0.15) is 58.3 Å². The summed E-state index contributed by atoms with van der Waals surface area (Å²) in [6.07, 6.45) is 12.1. The summed E-state index contributed by atoms with van der Waals surface area (Å²) < 4.78 is 27.6. The summed E-state index contributed by atoms with van der Waals surface area (Å²) >= 11 is 0. The number of hydrogen-bond donors (Lipinski definition) is 1. The van der Waals surface area contributed by atoms with E-state index in [-0.39, 0.29) is 36.3 Å². The third kappa shape index (κ3) is 9.30. The first-order valence-electron chi connectivity index (χ1n) is 10.2. The minimum Gasteiger partial charge on any atom is -0.378 e. The van der Waals surface area contributed by atoms with E-state index in [2.05, 4.69) is 17.1 Å². The van der Waals surface area contributed by atoms with Gasteiger partial charge >= 0.3 is 0 Å². The quantitative estimate of drug-likeness (QED) is 0.244. The Morgan fingerprint density at radius 3 is 2.41 bits per heavy atom. The third-order valence-electron chi connectivity index (χ3n) is 5.56. The van der Waals surface area contributed by atoms with Crippen molar-refractivity contribution in [3.8, 4) is 0 Å². The Morgan fingerprint density at radius 2 is 1.78 bits per heavy atom. The Morgan fingerprint density at radius 1 is 1.11 bits per heavy atom. The number of nitrogens with one attached hydrogen (secondary N) is 1. The van der Waals surface area contributed by atoms with Crippen LogP contribution in [0.4, 0.5) is 0 Å². The van der Waals surface area contributed by atoms with E-state index < -0.39 is 9.84 Å². The molecule has 1 saturated carbocycles. The number of guanidine groups is 1. The monoisotopic (exact) mass is 515 g/mol. The van der Waals surface area contributed by atoms with Crippen molar-refractivity contribution in [2.24, 2.45) is 10.4 Å². The molecule has 8 heteroatoms. The first-order valence-corrected chi connectivity index (χ1v) is 12.3. The van der Waals surface area contributed by atoms with Crippen molar-refractivity contribution >= 4 is 39.8 Å². The average molecular weight is 516 g/mol. The molecule has 0 bridgehead atoms. The van der Waals surface area contributed by atoms with Gasteiger partial charge in [-0.1, -0.05) is 25.7 Å². The summed E-state index contributed by atoms with van der Waals surface area (Å²) in [5.74, 6) is 1.06. The molecule has 0 aromatic carbocycles. The molecule has 1 aliphatic carbocycles. The molecule has 0 unspecified atom stereocenters. The highest BCUT2D eigenvalue weighted by atomic mass is 127. The SMILES string of the molecule is CCNC(=NCCOCCS(C)(=O)=O)N1CCCC2(CCCCCC2)C1.I. The fraction of sp³-hybridized carbons (Fsp3) is 0.947. The largest absolute Gasteiger partial charge is 0.378 e. The molecule has 0 radical (unpaired) electrons. The second-order valence-electron chi connectivity index (χ2n) is 7.92. The Balaban J connectivity index is 0.00000364. The normalized spacial score (nSPS) is 20.8. The second-order valence-corrected chi connectivity index (χ2v) is 10.2. The van der Waals surface area contributed by atoms with Gasteiger partial charge in [-0.2, -0.15) is 0 Å². The van der Waals surface area contributed by atoms with Gasteiger partial charge in [0.2, 0.25) is 0 Å². The van der Waals surface area contributed by atoms with Gasteiger partial charge in [-0.25, -0.2) is 8.42 Å². The topological polar surface area (TPSA) is 71.0 Å². The van der Waals surface area contributed by atoms with Crippen molar-refractivity contribution in [2.75, 3.05) is 51.4 Å². The number of aliphatic imine (C=N–C) groups is 1. The van der Waals surface area contributed by atoms with Crippen LogP contribution in [0.15, 0.2) is 4.99 Å². The van der Waals surface area contributed by atoms with Crippen LogP contribution in [-0.4, -0.2) is 70.7 Å². The third-order valence-corrected chi connectivity index (χ3v) is 6.46. The van der Waals surface area contributed by atoms with Gasteiger partial charge in [-0.3, -0.25) is 4.99 Å². The zero-order valence-corrected chi connectivity index (χ0v) is 20.2. The van der Waals surface area contributed by atoms with E-state index in [1.807, 2.05) is 0 Å². The lowest BCUT2D eigenvalue weighted by Crippen LogP contribution is -2.50. The van der Waals surface area contributed by atoms with E-state index in [9.17, 15) is 8.42 Å². The van der Waals surface area contributed by atoms with Crippen molar-refractivity contribution in [3.63, 3.8) is 0 Å². The standard InChI is InChI=1S/C19H37N3O3S.HI/c1-3-20-18(21-12-14-25-15-16-26(2,23)24)22-13-8-11-19(17-22)9-6-4-5-7-10-19;/h3-17H2,1-2H3,(H,20,21);1H. The lowest BCUT2D eigenvalue weighted by molar-refractivity contribution is 0.115. The van der Waals surface area contributed by atoms with Crippen LogP contribution < -0.4 is 5.32 Å². The van der Waals surface area contributed by atoms with Gasteiger partial charge in [0.05, 0.1) is 25.5 Å². The van der Waals surface area contributed by atoms with Gasteiger partial charge in [0.1, 0.15) is 9.84 Å². The van der Waals surface area contributed by atoms with Gasteiger partial charge in [0, 0.05) is 25.9 Å². The summed E-state index contributed by atoms with van der Waals surface area (Å²) in [5, 5.41) is 3.43. The van der Waals surface area contributed by atoms with Crippen molar-refractivity contribution < 1.29 is 13.2 Å². The lowest BCUT2D eigenvalue weighted by Gasteiger charge is -2.44. The number of halogens is 1. The second kappa shape index (κ2) is 12.5. The molecule has 1 N–H and O–H groups in total. The first-order chi connectivity index (χ1) is 12.4. The first kappa shape index (κ1) is 24.9. The van der Waals surface area contributed by atoms with E-state index in [0.717, 1.165) is 25.6 Å². The minimum atomic E-state index is -2.95. The number of rotatable bonds is 7. The molecule has 2 aliphatic rings. The molecule has 1 heterocycles. The van der Waals surface area contributed by atoms with Crippen LogP contribution in [0.3, 0.4) is 0 Å². The van der Waals surface area contributed by atoms with Crippen molar-refractivity contribution in [1.29, 1.82) is 0 Å². The fourth-order valence-electron chi connectivity index (χ4n) is 4.23. The Bertz CT molecular complexity index is 546. The van der Waals surface area contributed by atoms with Crippen molar-refractivity contribution in [3.05, 3.63) is 0 Å². The van der Waals surface area contributed by atoms with Gasteiger partial charge in [0.25, 0.3) is 0 Å². The average Bonchev–Trinajstić information content (AvgIpc) is 2.81. The number of nitrogens with zero attached hydrogens (tertiary/aromatic N) is 2. The Labute approximate surface area is 182 Å². The van der Waals surface area contributed by atoms with Crippen LogP contribution in [0.5, 0.6) is 0 Å². The van der Waals surface area contributed by atoms with Gasteiger partial charge < -0.3 is 15.0 Å². The molecular weight excluding hydrogens is 477 g/mol. The lowest BCUT2D eigenvalue weighted by atomic mass is 9.74. The smallest absolute Gasteiger partial charge is 0.194 e. The van der Waals surface area contributed by atoms with E-state index >= 15 is 0 Å². The molecule has 1 aliphatic heterocycles. The van der Waals surface area contributed by atoms with Crippen LogP contribution in [0.2, 0.25) is 0 Å². The zero-order chi connectivity index (χ0) is 18.9. The zero-order valence-electron chi connectivity index (χ0n) is 17.0. The Kier molecular flexibility index (Phi) is 11.5. The molecule has 160 valence electrons. The maximum Gasteiger partial charge on any atom is 0.194 e. The summed E-state index contributed by atoms with van der Waals surface area (Å²) in [6.45, 7) is 6.42. The molecule has 0 aromatic heterocycles. The van der Waals surface area contributed by atoms with E-state index in [4.69, 9.17) is 9.73 Å². The summed E-state index contributed by atoms with van der Waals surface area (Å²) in [4.78, 5) is 7.17. The van der Waals surface area contributed by atoms with Crippen LogP contribution in [0, 0.1) is 5.41 Å². The Hall–Kier alpha value is -0.0900. The molecule has 0 amide bonds. The molecule has 2 fully saturated rings. The number of piperidine rings is 1. The van der Waals surface area contributed by atoms with Crippen LogP contribution in [-0.2, 0) is 14.6 Å². The predicted octanol–water partition coefficient (Wildman–Crippen LogP) is 3.07. The number of hydrogen-bond acceptors (Lipinski definition) is 4. The summed E-state index contributed by atoms with van der Waals surface area (Å²) in [7, 11) is -2.95. The molecule has 0 aromatic rings. The molecular formula is C19H38IN3O3S. The van der Waals surface area contributed by atoms with Crippen molar-refractivity contribution in [2.45, 2.75) is 58.3 Å². The van der Waals surface area contributed by atoms with Gasteiger partial charge in [0.15, 0.2) is 5.96 Å². The van der Waals surface area contributed by atoms with Crippen molar-refractivity contribution in [1.82, 2.24) is 10.2 Å². The molecule has 2 rings (SSSR count). The predicted molar refractivity (Wildman–Crippen MR) is 123 cm³/mol. The van der Waals surface area contributed by atoms with E-state index in [1.165, 1.54) is 57.6 Å². The van der Waals surface area contributed by atoms with Crippen LogP contribution >= 0.6 is 24.0 Å². The maximum absolute atomic E-state index is 11.1. The molecule has 1 saturated heterocycles. The number of likely N-dealkylation sites (tertiary alicyclic amines) is 1. The van der Waals surface area contributed by atoms with E-state index in [1.54, 1.807) is 0 Å². The molecule has 0 atom stereocenters. The molecule has 27 heavy (non-hydrogen) atoms. The molecule has 1 spiro atoms. The maximum atomic E-state index is 11.1. The van der Waals surface area contributed by atoms with Crippen LogP contribution in [0.25, 0.3) is 0 Å². The highest BCUT2D eigenvalue weighted by molar-refractivity contribution is 14.0. The van der Waals surface area contributed by atoms with Gasteiger partial charge in [-0.05, 0) is 38.0 Å². The summed E-state index contributed by atoms with van der Waals surface area (Å²) in [5.41, 5.74) is 0.483. The highest BCUT2D eigenvalue weighted by Gasteiger charge is 2.36. The fourth-order valence-corrected chi connectivity index (χ4v) is 4.65. The molecule has 6 nitrogen and oxygen atoms in total. The highest BCUT2D eigenvalue weighted by Crippen LogP contribution is 2.42.